The molecule has 0 aliphatic carbocycles. The summed E-state index contributed by atoms with van der Waals surface area (Å²) in [4.78, 5) is 10.6. The summed E-state index contributed by atoms with van der Waals surface area (Å²) < 4.78 is 47.2. The Morgan fingerprint density at radius 3 is 2.21 bits per heavy atom. The van der Waals surface area contributed by atoms with Gasteiger partial charge in [-0.2, -0.15) is 13.2 Å². The highest BCUT2D eigenvalue weighted by Gasteiger charge is 2.46. The first-order chi connectivity index (χ1) is 11.0. The van der Waals surface area contributed by atoms with Crippen LogP contribution in [0, 0.1) is 0 Å². The summed E-state index contributed by atoms with van der Waals surface area (Å²) in [5.74, 6) is -1.95. The van der Waals surface area contributed by atoms with Gasteiger partial charge in [-0.15, -0.1) is 0 Å². The van der Waals surface area contributed by atoms with Gasteiger partial charge in [0.05, 0.1) is 16.7 Å². The summed E-state index contributed by atoms with van der Waals surface area (Å²) in [5.41, 5.74) is -0.00731. The lowest BCUT2D eigenvalue weighted by Gasteiger charge is -2.18. The number of carboxylic acid groups (broad SMARTS) is 1. The highest BCUT2D eigenvalue weighted by atomic mass is 35.5. The molecule has 0 fully saturated rings. The lowest BCUT2D eigenvalue weighted by Crippen LogP contribution is -2.38. The molecule has 1 aromatic carbocycles. The van der Waals surface area contributed by atoms with Crippen molar-refractivity contribution < 1.29 is 32.5 Å². The maximum atomic E-state index is 12.5. The molecular weight excluding hydrogens is 419 g/mol. The predicted octanol–water partition coefficient (Wildman–Crippen LogP) is 5.22. The fourth-order valence-electron chi connectivity index (χ4n) is 1.47. The predicted molar refractivity (Wildman–Crippen MR) is 84.0 cm³/mol. The van der Waals surface area contributed by atoms with Crippen LogP contribution in [0.1, 0.15) is 5.56 Å². The van der Waals surface area contributed by atoms with E-state index in [-0.39, 0.29) is 32.5 Å². The van der Waals surface area contributed by atoms with Crippen LogP contribution >= 0.6 is 46.4 Å². The fraction of sp³-hybridized carbons (Fsp3) is 0.308. The normalized spacial score (nSPS) is 12.6. The highest BCUT2D eigenvalue weighted by Crippen LogP contribution is 2.32. The van der Waals surface area contributed by atoms with Crippen LogP contribution in [0.4, 0.5) is 13.2 Å². The molecule has 0 heterocycles. The zero-order chi connectivity index (χ0) is 18.5. The van der Waals surface area contributed by atoms with Crippen molar-refractivity contribution in [3.05, 3.63) is 38.3 Å². The van der Waals surface area contributed by atoms with E-state index in [0.29, 0.717) is 0 Å². The Morgan fingerprint density at radius 2 is 1.79 bits per heavy atom. The molecule has 0 amide bonds. The number of rotatable bonds is 7. The highest BCUT2D eigenvalue weighted by molar-refractivity contribution is 6.55. The average Bonchev–Trinajstić information content (AvgIpc) is 2.39. The maximum Gasteiger partial charge on any atom is 0.425 e. The molecule has 1 unspecified atom stereocenters. The standard InChI is InChI=1S/C13H9Cl4F3O4/c14-8-3-6(23-2-1-10(16)17)4-9(15)7(8)5-24-11(12(21)22)13(18,19)20/h1,3-4,11H,2,5H2,(H,21,22). The minimum atomic E-state index is -5.07. The number of benzene rings is 1. The number of halogens is 7. The van der Waals surface area contributed by atoms with Crippen LogP contribution in [-0.4, -0.2) is 30.0 Å². The Bertz CT molecular complexity index is 607. The van der Waals surface area contributed by atoms with Gasteiger partial charge in [0.15, 0.2) is 0 Å². The van der Waals surface area contributed by atoms with E-state index in [0.717, 1.165) is 0 Å². The lowest BCUT2D eigenvalue weighted by atomic mass is 10.2. The molecule has 0 radical (unpaired) electrons. The van der Waals surface area contributed by atoms with Crippen LogP contribution in [0.25, 0.3) is 0 Å². The van der Waals surface area contributed by atoms with Gasteiger partial charge in [0.2, 0.25) is 0 Å². The van der Waals surface area contributed by atoms with Crippen molar-refractivity contribution in [2.75, 3.05) is 6.61 Å². The molecule has 0 aliphatic heterocycles. The third kappa shape index (κ3) is 6.57. The first-order valence-corrected chi connectivity index (χ1v) is 7.56. The first kappa shape index (κ1) is 21.2. The second kappa shape index (κ2) is 9.01. The average molecular weight is 428 g/mol. The molecule has 1 atom stereocenters. The van der Waals surface area contributed by atoms with Gasteiger partial charge >= 0.3 is 12.1 Å². The zero-order valence-electron chi connectivity index (χ0n) is 11.5. The number of hydrogen-bond acceptors (Lipinski definition) is 3. The molecule has 0 spiro atoms. The zero-order valence-corrected chi connectivity index (χ0v) is 14.6. The summed E-state index contributed by atoms with van der Waals surface area (Å²) in [5, 5.41) is 8.45. The third-order valence-electron chi connectivity index (χ3n) is 2.52. The summed E-state index contributed by atoms with van der Waals surface area (Å²) in [7, 11) is 0. The lowest BCUT2D eigenvalue weighted by molar-refractivity contribution is -0.229. The Morgan fingerprint density at radius 1 is 1.25 bits per heavy atom. The van der Waals surface area contributed by atoms with Gasteiger partial charge in [0, 0.05) is 5.56 Å². The summed E-state index contributed by atoms with van der Waals surface area (Å²) >= 11 is 22.6. The Balaban J connectivity index is 2.86. The summed E-state index contributed by atoms with van der Waals surface area (Å²) in [6.45, 7) is -0.734. The Hall–Kier alpha value is -0.860. The third-order valence-corrected chi connectivity index (χ3v) is 3.50. The van der Waals surface area contributed by atoms with Gasteiger partial charge < -0.3 is 14.6 Å². The molecule has 24 heavy (non-hydrogen) atoms. The molecule has 0 aliphatic rings. The van der Waals surface area contributed by atoms with Gasteiger partial charge in [0.1, 0.15) is 16.8 Å². The molecule has 4 nitrogen and oxygen atoms in total. The minimum absolute atomic E-state index is 0.00731. The fourth-order valence-corrected chi connectivity index (χ4v) is 2.18. The van der Waals surface area contributed by atoms with Crippen molar-refractivity contribution in [3.63, 3.8) is 0 Å². The minimum Gasteiger partial charge on any atom is -0.489 e. The van der Waals surface area contributed by atoms with Gasteiger partial charge in [-0.25, -0.2) is 4.79 Å². The van der Waals surface area contributed by atoms with Crippen LogP contribution in [0.2, 0.25) is 10.0 Å². The van der Waals surface area contributed by atoms with Crippen molar-refractivity contribution in [2.24, 2.45) is 0 Å². The van der Waals surface area contributed by atoms with E-state index in [1.54, 1.807) is 0 Å². The molecule has 0 bridgehead atoms. The quantitative estimate of drug-likeness (QED) is 0.647. The van der Waals surface area contributed by atoms with Crippen LogP contribution in [0.5, 0.6) is 5.75 Å². The van der Waals surface area contributed by atoms with Gasteiger partial charge in [-0.05, 0) is 18.2 Å². The number of carbonyl (C=O) groups is 1. The van der Waals surface area contributed by atoms with Crippen LogP contribution < -0.4 is 4.74 Å². The number of aliphatic carboxylic acids is 1. The molecule has 1 N–H and O–H groups in total. The van der Waals surface area contributed by atoms with Crippen molar-refractivity contribution in [3.8, 4) is 5.75 Å². The van der Waals surface area contributed by atoms with Crippen molar-refractivity contribution in [1.82, 2.24) is 0 Å². The molecule has 11 heteroatoms. The van der Waals surface area contributed by atoms with E-state index in [1.807, 2.05) is 0 Å². The maximum absolute atomic E-state index is 12.5. The van der Waals surface area contributed by atoms with Crippen LogP contribution in [-0.2, 0) is 16.1 Å². The number of alkyl halides is 3. The van der Waals surface area contributed by atoms with Crippen LogP contribution in [0.3, 0.4) is 0 Å². The molecule has 0 aromatic heterocycles. The second-order valence-corrected chi connectivity index (χ2v) is 6.06. The Labute approximate surface area is 154 Å². The van der Waals surface area contributed by atoms with E-state index >= 15 is 0 Å². The largest absolute Gasteiger partial charge is 0.489 e. The van der Waals surface area contributed by atoms with Gasteiger partial charge in [-0.3, -0.25) is 0 Å². The second-order valence-electron chi connectivity index (χ2n) is 4.24. The smallest absolute Gasteiger partial charge is 0.425 e. The number of carboxylic acids is 1. The molecule has 0 saturated heterocycles. The number of hydrogen-bond donors (Lipinski definition) is 1. The van der Waals surface area contributed by atoms with Gasteiger partial charge in [-0.1, -0.05) is 46.4 Å². The van der Waals surface area contributed by atoms with Crippen molar-refractivity contribution in [1.29, 1.82) is 0 Å². The van der Waals surface area contributed by atoms with Crippen molar-refractivity contribution >= 4 is 52.4 Å². The Kier molecular flexibility index (Phi) is 7.95. The van der Waals surface area contributed by atoms with Crippen molar-refractivity contribution in [2.45, 2.75) is 18.9 Å². The molecule has 1 aromatic rings. The summed E-state index contributed by atoms with van der Waals surface area (Å²) in [6, 6.07) is 2.57. The SMILES string of the molecule is O=C(O)C(OCc1c(Cl)cc(OCC=C(Cl)Cl)cc1Cl)C(F)(F)F. The number of ether oxygens (including phenoxy) is 2. The van der Waals surface area contributed by atoms with Crippen LogP contribution in [0.15, 0.2) is 22.7 Å². The molecular formula is C13H9Cl4F3O4. The van der Waals surface area contributed by atoms with E-state index in [2.05, 4.69) is 4.74 Å². The molecule has 0 saturated carbocycles. The van der Waals surface area contributed by atoms with E-state index in [1.165, 1.54) is 18.2 Å². The van der Waals surface area contributed by atoms with E-state index < -0.39 is 24.9 Å². The molecule has 134 valence electrons. The van der Waals surface area contributed by atoms with Gasteiger partial charge in [0.25, 0.3) is 6.10 Å². The first-order valence-electron chi connectivity index (χ1n) is 6.05. The molecule has 1 rings (SSSR count). The van der Waals surface area contributed by atoms with E-state index in [9.17, 15) is 18.0 Å². The summed E-state index contributed by atoms with van der Waals surface area (Å²) in [6.07, 6.45) is -6.71. The van der Waals surface area contributed by atoms with E-state index in [4.69, 9.17) is 56.2 Å². The topological polar surface area (TPSA) is 55.8 Å². The monoisotopic (exact) mass is 426 g/mol.